The molecule has 1 aromatic carbocycles. The van der Waals surface area contributed by atoms with Crippen molar-refractivity contribution in [2.75, 3.05) is 6.79 Å². The van der Waals surface area contributed by atoms with Crippen LogP contribution in [0.3, 0.4) is 0 Å². The van der Waals surface area contributed by atoms with Gasteiger partial charge in [0.15, 0.2) is 11.5 Å². The number of hydrogen-bond acceptors (Lipinski definition) is 5. The number of carbonyl (C=O) groups excluding carboxylic acids is 1. The van der Waals surface area contributed by atoms with Gasteiger partial charge in [-0.3, -0.25) is 4.79 Å². The maximum Gasteiger partial charge on any atom is 0.271 e. The van der Waals surface area contributed by atoms with Gasteiger partial charge in [0.1, 0.15) is 11.5 Å². The second-order valence-corrected chi connectivity index (χ2v) is 4.18. The zero-order valence-corrected chi connectivity index (χ0v) is 10.8. The van der Waals surface area contributed by atoms with Gasteiger partial charge in [-0.05, 0) is 37.3 Å². The van der Waals surface area contributed by atoms with E-state index in [1.165, 1.54) is 0 Å². The summed E-state index contributed by atoms with van der Waals surface area (Å²) in [5.74, 6) is 1.48. The molecule has 0 atom stereocenters. The average Bonchev–Trinajstić information content (AvgIpc) is 3.13. The van der Waals surface area contributed by atoms with Gasteiger partial charge in [0.2, 0.25) is 6.79 Å². The molecule has 102 valence electrons. The van der Waals surface area contributed by atoms with Gasteiger partial charge in [0.25, 0.3) is 5.91 Å². The van der Waals surface area contributed by atoms with Crippen LogP contribution in [0, 0.1) is 0 Å². The minimum atomic E-state index is -0.325. The fourth-order valence-electron chi connectivity index (χ4n) is 1.78. The van der Waals surface area contributed by atoms with Crippen LogP contribution in [0.4, 0.5) is 0 Å². The quantitative estimate of drug-likeness (QED) is 0.686. The van der Waals surface area contributed by atoms with Crippen LogP contribution in [-0.4, -0.2) is 18.4 Å². The van der Waals surface area contributed by atoms with Gasteiger partial charge in [-0.25, -0.2) is 5.43 Å². The minimum Gasteiger partial charge on any atom is -0.463 e. The molecule has 1 N–H and O–H groups in total. The lowest BCUT2D eigenvalue weighted by molar-refractivity contribution is 0.0954. The van der Waals surface area contributed by atoms with Crippen molar-refractivity contribution in [3.63, 3.8) is 0 Å². The second-order valence-electron chi connectivity index (χ2n) is 4.18. The van der Waals surface area contributed by atoms with Crippen LogP contribution in [0.1, 0.15) is 23.0 Å². The molecular weight excluding hydrogens is 260 g/mol. The summed E-state index contributed by atoms with van der Waals surface area (Å²) in [5.41, 5.74) is 3.51. The van der Waals surface area contributed by atoms with E-state index >= 15 is 0 Å². The first-order valence-corrected chi connectivity index (χ1v) is 6.02. The Bertz CT molecular complexity index is 662. The highest BCUT2D eigenvalue weighted by molar-refractivity contribution is 5.99. The number of ether oxygens (including phenoxy) is 2. The molecule has 1 aliphatic heterocycles. The number of fused-ring (bicyclic) bond motifs is 1. The molecule has 2 aromatic rings. The Labute approximate surface area is 115 Å². The number of benzene rings is 1. The number of rotatable bonds is 3. The molecule has 6 nitrogen and oxygen atoms in total. The first-order valence-electron chi connectivity index (χ1n) is 6.02. The summed E-state index contributed by atoms with van der Waals surface area (Å²) in [5, 5.41) is 3.99. The summed E-state index contributed by atoms with van der Waals surface area (Å²) >= 11 is 0. The molecule has 0 radical (unpaired) electrons. The van der Waals surface area contributed by atoms with E-state index in [2.05, 4.69) is 10.5 Å². The maximum atomic E-state index is 12.0. The van der Waals surface area contributed by atoms with Gasteiger partial charge in [0.05, 0.1) is 6.26 Å². The van der Waals surface area contributed by atoms with E-state index in [1.807, 2.05) is 0 Å². The van der Waals surface area contributed by atoms with E-state index in [-0.39, 0.29) is 12.7 Å². The molecule has 0 saturated heterocycles. The molecule has 3 rings (SSSR count). The Morgan fingerprint density at radius 2 is 2.10 bits per heavy atom. The third-order valence-corrected chi connectivity index (χ3v) is 2.84. The number of hydrogen-bond donors (Lipinski definition) is 1. The van der Waals surface area contributed by atoms with Crippen molar-refractivity contribution in [2.45, 2.75) is 6.92 Å². The zero-order valence-electron chi connectivity index (χ0n) is 10.8. The number of nitrogens with one attached hydrogen (secondary N) is 1. The molecule has 6 heteroatoms. The topological polar surface area (TPSA) is 73.1 Å². The third kappa shape index (κ3) is 2.35. The lowest BCUT2D eigenvalue weighted by Gasteiger charge is -2.02. The lowest BCUT2D eigenvalue weighted by Crippen LogP contribution is -2.19. The second kappa shape index (κ2) is 5.08. The third-order valence-electron chi connectivity index (χ3n) is 2.84. The van der Waals surface area contributed by atoms with E-state index in [1.54, 1.807) is 43.5 Å². The number of carbonyl (C=O) groups is 1. The summed E-state index contributed by atoms with van der Waals surface area (Å²) in [7, 11) is 0. The van der Waals surface area contributed by atoms with Crippen molar-refractivity contribution in [2.24, 2.45) is 5.10 Å². The molecule has 0 bridgehead atoms. The zero-order chi connectivity index (χ0) is 13.9. The first kappa shape index (κ1) is 12.3. The van der Waals surface area contributed by atoms with Gasteiger partial charge in [-0.1, -0.05) is 0 Å². The van der Waals surface area contributed by atoms with Gasteiger partial charge >= 0.3 is 0 Å². The fraction of sp³-hybridized carbons (Fsp3) is 0.143. The van der Waals surface area contributed by atoms with Crippen molar-refractivity contribution in [3.8, 4) is 11.5 Å². The number of amides is 1. The van der Waals surface area contributed by atoms with E-state index in [9.17, 15) is 4.79 Å². The molecule has 0 fully saturated rings. The largest absolute Gasteiger partial charge is 0.463 e. The summed E-state index contributed by atoms with van der Waals surface area (Å²) < 4.78 is 15.6. The summed E-state index contributed by atoms with van der Waals surface area (Å²) in [6.07, 6.45) is 1.55. The molecule has 0 saturated carbocycles. The monoisotopic (exact) mass is 272 g/mol. The van der Waals surface area contributed by atoms with Crippen LogP contribution in [0.15, 0.2) is 46.1 Å². The van der Waals surface area contributed by atoms with Crippen molar-refractivity contribution < 1.29 is 18.7 Å². The van der Waals surface area contributed by atoms with Crippen molar-refractivity contribution in [1.29, 1.82) is 0 Å². The van der Waals surface area contributed by atoms with Crippen LogP contribution >= 0.6 is 0 Å². The van der Waals surface area contributed by atoms with E-state index in [0.717, 1.165) is 0 Å². The summed E-state index contributed by atoms with van der Waals surface area (Å²) in [6, 6.07) is 8.50. The first-order chi connectivity index (χ1) is 9.74. The van der Waals surface area contributed by atoms with Crippen LogP contribution in [0.2, 0.25) is 0 Å². The van der Waals surface area contributed by atoms with Crippen LogP contribution in [0.25, 0.3) is 0 Å². The van der Waals surface area contributed by atoms with Crippen molar-refractivity contribution in [3.05, 3.63) is 47.9 Å². The predicted molar refractivity (Wildman–Crippen MR) is 71.0 cm³/mol. The van der Waals surface area contributed by atoms with E-state index in [4.69, 9.17) is 13.9 Å². The average molecular weight is 272 g/mol. The van der Waals surface area contributed by atoms with Gasteiger partial charge in [-0.15, -0.1) is 0 Å². The minimum absolute atomic E-state index is 0.177. The number of nitrogens with zero attached hydrogens (tertiary/aromatic N) is 1. The highest BCUT2D eigenvalue weighted by Gasteiger charge is 2.16. The van der Waals surface area contributed by atoms with Crippen LogP contribution in [0.5, 0.6) is 11.5 Å². The van der Waals surface area contributed by atoms with Gasteiger partial charge < -0.3 is 13.9 Å². The summed E-state index contributed by atoms with van der Waals surface area (Å²) in [6.45, 7) is 1.93. The Morgan fingerprint density at radius 3 is 2.90 bits per heavy atom. The molecule has 0 unspecified atom stereocenters. The molecule has 0 spiro atoms. The maximum absolute atomic E-state index is 12.0. The highest BCUT2D eigenvalue weighted by atomic mass is 16.7. The normalized spacial score (nSPS) is 13.3. The van der Waals surface area contributed by atoms with E-state index in [0.29, 0.717) is 28.5 Å². The van der Waals surface area contributed by atoms with Crippen LogP contribution in [-0.2, 0) is 0 Å². The Balaban J connectivity index is 1.72. The summed E-state index contributed by atoms with van der Waals surface area (Å²) in [4.78, 5) is 12.0. The van der Waals surface area contributed by atoms with Gasteiger partial charge in [0, 0.05) is 5.56 Å². The SMILES string of the molecule is C/C(=N/NC(=O)c1ccc2c(c1)OCO2)c1ccco1. The Hall–Kier alpha value is -2.76. The fourth-order valence-corrected chi connectivity index (χ4v) is 1.78. The molecule has 1 aromatic heterocycles. The number of hydrazone groups is 1. The van der Waals surface area contributed by atoms with E-state index < -0.39 is 0 Å². The Morgan fingerprint density at radius 1 is 1.25 bits per heavy atom. The molecular formula is C14H12N2O4. The molecule has 1 amide bonds. The standard InChI is InChI=1S/C14H12N2O4/c1-9(11-3-2-6-18-11)15-16-14(17)10-4-5-12-13(7-10)20-8-19-12/h2-7H,8H2,1H3,(H,16,17)/b15-9-. The molecule has 20 heavy (non-hydrogen) atoms. The Kier molecular flexibility index (Phi) is 3.12. The lowest BCUT2D eigenvalue weighted by atomic mass is 10.2. The molecule has 0 aliphatic carbocycles. The number of furan rings is 1. The predicted octanol–water partition coefficient (Wildman–Crippen LogP) is 2.16. The van der Waals surface area contributed by atoms with Crippen LogP contribution < -0.4 is 14.9 Å². The van der Waals surface area contributed by atoms with Gasteiger partial charge in [-0.2, -0.15) is 5.10 Å². The smallest absolute Gasteiger partial charge is 0.271 e. The van der Waals surface area contributed by atoms with Crippen molar-refractivity contribution >= 4 is 11.6 Å². The molecule has 2 heterocycles. The highest BCUT2D eigenvalue weighted by Crippen LogP contribution is 2.32. The van der Waals surface area contributed by atoms with Crippen molar-refractivity contribution in [1.82, 2.24) is 5.43 Å². The molecule has 1 aliphatic rings.